The molecule has 10 heteroatoms. The first-order chi connectivity index (χ1) is 21.4. The number of fused-ring (bicyclic) bond motifs is 2. The Bertz CT molecular complexity index is 1190. The zero-order valence-electron chi connectivity index (χ0n) is 28.7. The topological polar surface area (TPSA) is 169 Å². The molecule has 2 heterocycles. The monoisotopic (exact) mass is 652 g/mol. The van der Waals surface area contributed by atoms with Gasteiger partial charge in [0.1, 0.15) is 24.4 Å². The summed E-state index contributed by atoms with van der Waals surface area (Å²) in [5.41, 5.74) is -2.22. The average Bonchev–Trinajstić information content (AvgIpc) is 3.34. The molecule has 0 aromatic rings. The molecule has 7 N–H and O–H groups in total. The van der Waals surface area contributed by atoms with Crippen molar-refractivity contribution in [1.29, 1.82) is 0 Å². The molecular weight excluding hydrogens is 592 g/mol. The summed E-state index contributed by atoms with van der Waals surface area (Å²) in [6.07, 6.45) is 1.45. The second-order valence-corrected chi connectivity index (χ2v) is 18.4. The molecule has 0 amide bonds. The lowest BCUT2D eigenvalue weighted by molar-refractivity contribution is -0.326. The molecule has 0 bridgehead atoms. The van der Waals surface area contributed by atoms with Gasteiger partial charge >= 0.3 is 0 Å². The summed E-state index contributed by atoms with van der Waals surface area (Å²) in [5.74, 6) is 0.562. The SMILES string of the molecule is CC(C)(O)C1CCC(C)(C2C(O)CC3(C)C4CCC5C(C)(C)C(OC6OC(CO)C(O)C(O)C6O)CCC56CC46CCC23CO)O1. The molecule has 10 nitrogen and oxygen atoms in total. The van der Waals surface area contributed by atoms with Gasteiger partial charge in [0, 0.05) is 17.9 Å². The van der Waals surface area contributed by atoms with E-state index in [2.05, 4.69) is 27.7 Å². The van der Waals surface area contributed by atoms with Crippen molar-refractivity contribution < 1.29 is 50.0 Å². The van der Waals surface area contributed by atoms with E-state index in [9.17, 15) is 35.7 Å². The smallest absolute Gasteiger partial charge is 0.186 e. The van der Waals surface area contributed by atoms with Gasteiger partial charge in [0.2, 0.25) is 0 Å². The van der Waals surface area contributed by atoms with Crippen molar-refractivity contribution in [3.63, 3.8) is 0 Å². The molecule has 264 valence electrons. The van der Waals surface area contributed by atoms with Gasteiger partial charge in [-0.3, -0.25) is 0 Å². The molecule has 7 aliphatic rings. The third-order valence-corrected chi connectivity index (χ3v) is 15.9. The quantitative estimate of drug-likeness (QED) is 0.211. The summed E-state index contributed by atoms with van der Waals surface area (Å²) >= 11 is 0. The predicted octanol–water partition coefficient (Wildman–Crippen LogP) is 2.26. The highest BCUT2D eigenvalue weighted by atomic mass is 16.7. The highest BCUT2D eigenvalue weighted by molar-refractivity contribution is 5.32. The molecule has 46 heavy (non-hydrogen) atoms. The van der Waals surface area contributed by atoms with Crippen LogP contribution in [0, 0.1) is 44.8 Å². The van der Waals surface area contributed by atoms with Gasteiger partial charge in [-0.2, -0.15) is 0 Å². The van der Waals surface area contributed by atoms with Gasteiger partial charge in [0.05, 0.1) is 36.1 Å². The molecule has 7 rings (SSSR count). The Hall–Kier alpha value is -0.400. The number of aliphatic hydroxyl groups excluding tert-OH is 6. The molecule has 5 saturated carbocycles. The summed E-state index contributed by atoms with van der Waals surface area (Å²) in [7, 11) is 0. The summed E-state index contributed by atoms with van der Waals surface area (Å²) in [6, 6.07) is 0. The zero-order chi connectivity index (χ0) is 33.5. The van der Waals surface area contributed by atoms with E-state index >= 15 is 0 Å². The number of aliphatic hydroxyl groups is 7. The van der Waals surface area contributed by atoms with Crippen LogP contribution in [0.1, 0.15) is 106 Å². The van der Waals surface area contributed by atoms with Crippen molar-refractivity contribution in [2.24, 2.45) is 44.8 Å². The van der Waals surface area contributed by atoms with E-state index in [0.717, 1.165) is 57.8 Å². The Balaban J connectivity index is 1.14. The van der Waals surface area contributed by atoms with Crippen molar-refractivity contribution >= 4 is 0 Å². The molecule has 2 spiro atoms. The van der Waals surface area contributed by atoms with Gasteiger partial charge in [0.15, 0.2) is 6.29 Å². The van der Waals surface area contributed by atoms with Crippen LogP contribution in [0.25, 0.3) is 0 Å². The maximum absolute atomic E-state index is 11.9. The van der Waals surface area contributed by atoms with Gasteiger partial charge in [0.25, 0.3) is 0 Å². The number of rotatable bonds is 6. The first-order valence-corrected chi connectivity index (χ1v) is 18.0. The standard InChI is InChI=1S/C36H60O10/c1-30(2)21-7-8-22-32(5)15-19(39)28(33(6)11-9-24(46-33)31(3,4)43)36(32,18-38)14-13-35(22)17-34(21,35)12-10-23(30)45-29-27(42)26(41)25(40)20(16-37)44-29/h19-29,37-43H,7-18H2,1-6H3. The van der Waals surface area contributed by atoms with Crippen LogP contribution in [0.5, 0.6) is 0 Å². The van der Waals surface area contributed by atoms with Gasteiger partial charge in [-0.1, -0.05) is 20.8 Å². The van der Waals surface area contributed by atoms with Crippen LogP contribution in [0.15, 0.2) is 0 Å². The molecule has 0 aromatic heterocycles. The van der Waals surface area contributed by atoms with E-state index in [4.69, 9.17) is 14.2 Å². The summed E-state index contributed by atoms with van der Waals surface area (Å²) in [6.45, 7) is 12.1. The normalized spacial score (nSPS) is 57.7. The van der Waals surface area contributed by atoms with E-state index in [0.29, 0.717) is 18.3 Å². The Morgan fingerprint density at radius 2 is 1.48 bits per heavy atom. The van der Waals surface area contributed by atoms with Crippen LogP contribution in [-0.2, 0) is 14.2 Å². The van der Waals surface area contributed by atoms with E-state index in [1.54, 1.807) is 13.8 Å². The fourth-order valence-electron chi connectivity index (χ4n) is 13.7. The second kappa shape index (κ2) is 10.6. The molecular formula is C36H60O10. The molecule has 2 aliphatic heterocycles. The minimum Gasteiger partial charge on any atom is -0.396 e. The van der Waals surface area contributed by atoms with Crippen molar-refractivity contribution in [1.82, 2.24) is 0 Å². The van der Waals surface area contributed by atoms with Gasteiger partial charge in [-0.25, -0.2) is 0 Å². The Morgan fingerprint density at radius 1 is 0.804 bits per heavy atom. The van der Waals surface area contributed by atoms with E-state index in [1.807, 2.05) is 0 Å². The average molecular weight is 653 g/mol. The van der Waals surface area contributed by atoms with Crippen LogP contribution in [0.4, 0.5) is 0 Å². The predicted molar refractivity (Wildman–Crippen MR) is 167 cm³/mol. The Labute approximate surface area is 273 Å². The van der Waals surface area contributed by atoms with Gasteiger partial charge in [-0.05, 0) is 118 Å². The molecule has 16 atom stereocenters. The number of hydrogen-bond acceptors (Lipinski definition) is 10. The van der Waals surface area contributed by atoms with E-state index in [1.165, 1.54) is 0 Å². The van der Waals surface area contributed by atoms with Crippen molar-refractivity contribution in [2.45, 2.75) is 166 Å². The first kappa shape index (κ1) is 34.1. The maximum atomic E-state index is 11.9. The fraction of sp³-hybridized carbons (Fsp3) is 1.00. The summed E-state index contributed by atoms with van der Waals surface area (Å²) in [5, 5.41) is 75.1. The third-order valence-electron chi connectivity index (χ3n) is 15.9. The molecule has 0 aromatic carbocycles. The van der Waals surface area contributed by atoms with Crippen LogP contribution in [0.2, 0.25) is 0 Å². The van der Waals surface area contributed by atoms with E-state index < -0.39 is 60.0 Å². The second-order valence-electron chi connectivity index (χ2n) is 18.4. The molecule has 5 aliphatic carbocycles. The molecule has 16 unspecified atom stereocenters. The molecule has 0 radical (unpaired) electrons. The maximum Gasteiger partial charge on any atom is 0.186 e. The van der Waals surface area contributed by atoms with Crippen LogP contribution in [0.3, 0.4) is 0 Å². The summed E-state index contributed by atoms with van der Waals surface area (Å²) in [4.78, 5) is 0. The van der Waals surface area contributed by atoms with E-state index in [-0.39, 0.29) is 46.4 Å². The highest BCUT2D eigenvalue weighted by Crippen LogP contribution is 2.89. The first-order valence-electron chi connectivity index (χ1n) is 18.0. The minimum atomic E-state index is -1.46. The lowest BCUT2D eigenvalue weighted by Gasteiger charge is -2.64. The van der Waals surface area contributed by atoms with Crippen molar-refractivity contribution in [3.05, 3.63) is 0 Å². The lowest BCUT2D eigenvalue weighted by Crippen LogP contribution is -2.62. The lowest BCUT2D eigenvalue weighted by atomic mass is 9.41. The molecule has 2 saturated heterocycles. The largest absolute Gasteiger partial charge is 0.396 e. The van der Waals surface area contributed by atoms with Crippen molar-refractivity contribution in [2.75, 3.05) is 13.2 Å². The van der Waals surface area contributed by atoms with Crippen molar-refractivity contribution in [3.8, 4) is 0 Å². The summed E-state index contributed by atoms with van der Waals surface area (Å²) < 4.78 is 18.9. The molecule has 7 fully saturated rings. The third kappa shape index (κ3) is 4.24. The van der Waals surface area contributed by atoms with Gasteiger partial charge < -0.3 is 50.0 Å². The Morgan fingerprint density at radius 3 is 2.11 bits per heavy atom. The van der Waals surface area contributed by atoms with Crippen LogP contribution >= 0.6 is 0 Å². The number of hydrogen-bond donors (Lipinski definition) is 7. The fourth-order valence-corrected chi connectivity index (χ4v) is 13.7. The number of ether oxygens (including phenoxy) is 3. The Kier molecular flexibility index (Phi) is 7.82. The van der Waals surface area contributed by atoms with Gasteiger partial charge in [-0.15, -0.1) is 0 Å². The highest BCUT2D eigenvalue weighted by Gasteiger charge is 2.84. The van der Waals surface area contributed by atoms with Crippen LogP contribution in [-0.4, -0.2) is 109 Å². The zero-order valence-corrected chi connectivity index (χ0v) is 28.7. The van der Waals surface area contributed by atoms with Crippen LogP contribution < -0.4 is 0 Å². The minimum absolute atomic E-state index is 0.0286.